The minimum atomic E-state index is -1.86. The highest BCUT2D eigenvalue weighted by atomic mass is 16.8. The van der Waals surface area contributed by atoms with Crippen molar-refractivity contribution in [3.05, 3.63) is 46.6 Å². The molecule has 2 aliphatic heterocycles. The summed E-state index contributed by atoms with van der Waals surface area (Å²) in [6.45, 7) is 0.611. The summed E-state index contributed by atoms with van der Waals surface area (Å²) in [5.74, 6) is -1.36. The fourth-order valence-corrected chi connectivity index (χ4v) is 5.01. The maximum atomic E-state index is 13.8. The molecule has 0 spiro atoms. The van der Waals surface area contributed by atoms with E-state index in [4.69, 9.17) is 28.1 Å². The van der Waals surface area contributed by atoms with E-state index in [0.717, 1.165) is 0 Å². The van der Waals surface area contributed by atoms with E-state index in [2.05, 4.69) is 0 Å². The molecule has 8 N–H and O–H groups in total. The van der Waals surface area contributed by atoms with Crippen molar-refractivity contribution >= 4 is 11.0 Å². The topological polar surface area (TPSA) is 238 Å². The second kappa shape index (κ2) is 12.2. The number of aliphatic hydroxyl groups is 6. The van der Waals surface area contributed by atoms with Gasteiger partial charge in [0.1, 0.15) is 64.8 Å². The number of hydrogen-bond donors (Lipinski definition) is 8. The van der Waals surface area contributed by atoms with Crippen molar-refractivity contribution in [2.75, 3.05) is 13.7 Å². The first kappa shape index (κ1) is 30.9. The van der Waals surface area contributed by atoms with Crippen LogP contribution in [0.15, 0.2) is 45.6 Å². The van der Waals surface area contributed by atoms with E-state index >= 15 is 0 Å². The van der Waals surface area contributed by atoms with Gasteiger partial charge in [0.05, 0.1) is 19.8 Å². The monoisotopic (exact) mass is 608 g/mol. The molecule has 15 heteroatoms. The van der Waals surface area contributed by atoms with Crippen LogP contribution in [0.25, 0.3) is 22.3 Å². The van der Waals surface area contributed by atoms with Crippen LogP contribution in [-0.4, -0.2) is 116 Å². The zero-order chi connectivity index (χ0) is 31.2. The molecule has 2 saturated heterocycles. The highest BCUT2D eigenvalue weighted by Gasteiger charge is 2.51. The summed E-state index contributed by atoms with van der Waals surface area (Å²) >= 11 is 0. The van der Waals surface area contributed by atoms with Crippen LogP contribution in [-0.2, 0) is 14.2 Å². The van der Waals surface area contributed by atoms with E-state index in [1.807, 2.05) is 0 Å². The van der Waals surface area contributed by atoms with Gasteiger partial charge in [-0.1, -0.05) is 12.1 Å². The van der Waals surface area contributed by atoms with E-state index in [-0.39, 0.29) is 33.8 Å². The number of phenols is 2. The molecule has 3 heterocycles. The van der Waals surface area contributed by atoms with Gasteiger partial charge in [0.15, 0.2) is 18.2 Å². The van der Waals surface area contributed by atoms with Crippen molar-refractivity contribution in [3.63, 3.8) is 0 Å². The Morgan fingerprint density at radius 2 is 1.63 bits per heavy atom. The van der Waals surface area contributed by atoms with Crippen LogP contribution < -0.4 is 14.9 Å². The van der Waals surface area contributed by atoms with E-state index in [1.165, 1.54) is 50.4 Å². The lowest BCUT2D eigenvalue weighted by Gasteiger charge is -2.45. The van der Waals surface area contributed by atoms with Crippen LogP contribution in [0, 0.1) is 0 Å². The molecular weight excluding hydrogens is 576 g/mol. The molecule has 0 radical (unpaired) electrons. The number of rotatable bonds is 7. The van der Waals surface area contributed by atoms with Crippen LogP contribution in [0.1, 0.15) is 6.92 Å². The molecule has 0 bridgehead atoms. The number of phenolic OH excluding ortho intramolecular Hbond substituents is 2. The minimum absolute atomic E-state index is 0.103. The Hall–Kier alpha value is -3.51. The Balaban J connectivity index is 1.61. The Morgan fingerprint density at radius 3 is 2.30 bits per heavy atom. The van der Waals surface area contributed by atoms with Gasteiger partial charge in [-0.2, -0.15) is 0 Å². The molecule has 2 aromatic carbocycles. The molecule has 1 aromatic heterocycles. The molecule has 43 heavy (non-hydrogen) atoms. The molecule has 3 aromatic rings. The van der Waals surface area contributed by atoms with Crippen molar-refractivity contribution in [1.82, 2.24) is 0 Å². The minimum Gasteiger partial charge on any atom is -0.508 e. The van der Waals surface area contributed by atoms with Gasteiger partial charge < -0.3 is 69.0 Å². The number of aromatic hydroxyl groups is 2. The normalized spacial score (nSPS) is 32.9. The SMILES string of the molecule is COc1cc(O)c2c(=O)c(O[C@@H]3O[C@H](CO)[C@H](O)[C@H](O)[C@@H]3O[C@@H]3O[C@H](C)[C@H](O)[C@@H](O)[C@@H]3O)c(-c3cccc(O)c3)oc2c1. The van der Waals surface area contributed by atoms with E-state index in [9.17, 15) is 45.6 Å². The molecule has 0 amide bonds. The van der Waals surface area contributed by atoms with E-state index in [1.54, 1.807) is 0 Å². The van der Waals surface area contributed by atoms with Crippen molar-refractivity contribution in [2.24, 2.45) is 0 Å². The van der Waals surface area contributed by atoms with E-state index in [0.29, 0.717) is 0 Å². The summed E-state index contributed by atoms with van der Waals surface area (Å²) in [5.41, 5.74) is -0.862. The highest BCUT2D eigenvalue weighted by Crippen LogP contribution is 2.38. The molecule has 0 saturated carbocycles. The smallest absolute Gasteiger partial charge is 0.239 e. The molecule has 2 aliphatic rings. The molecule has 234 valence electrons. The van der Waals surface area contributed by atoms with Gasteiger partial charge in [-0.15, -0.1) is 0 Å². The van der Waals surface area contributed by atoms with Gasteiger partial charge in [-0.05, 0) is 19.1 Å². The summed E-state index contributed by atoms with van der Waals surface area (Å²) < 4.78 is 33.9. The van der Waals surface area contributed by atoms with Gasteiger partial charge in [0.25, 0.3) is 0 Å². The first-order chi connectivity index (χ1) is 20.4. The Morgan fingerprint density at radius 1 is 0.884 bits per heavy atom. The third kappa shape index (κ3) is 5.74. The van der Waals surface area contributed by atoms with Crippen molar-refractivity contribution in [1.29, 1.82) is 0 Å². The van der Waals surface area contributed by atoms with Gasteiger partial charge >= 0.3 is 0 Å². The number of aliphatic hydroxyl groups excluding tert-OH is 6. The van der Waals surface area contributed by atoms with Gasteiger partial charge in [0.2, 0.25) is 17.5 Å². The highest BCUT2D eigenvalue weighted by molar-refractivity contribution is 5.88. The lowest BCUT2D eigenvalue weighted by atomic mass is 9.97. The third-order valence-corrected chi connectivity index (χ3v) is 7.41. The average Bonchev–Trinajstić information content (AvgIpc) is 2.98. The molecule has 0 unspecified atom stereocenters. The first-order valence-electron chi connectivity index (χ1n) is 13.3. The molecule has 15 nitrogen and oxygen atoms in total. The fourth-order valence-electron chi connectivity index (χ4n) is 5.01. The Bertz CT molecular complexity index is 1510. The average molecular weight is 609 g/mol. The molecule has 10 atom stereocenters. The predicted molar refractivity (Wildman–Crippen MR) is 143 cm³/mol. The van der Waals surface area contributed by atoms with Crippen molar-refractivity contribution in [2.45, 2.75) is 68.3 Å². The van der Waals surface area contributed by atoms with Crippen molar-refractivity contribution in [3.8, 4) is 34.3 Å². The van der Waals surface area contributed by atoms with Crippen LogP contribution in [0.2, 0.25) is 0 Å². The fraction of sp³-hybridized carbons (Fsp3) is 0.464. The maximum Gasteiger partial charge on any atom is 0.239 e. The largest absolute Gasteiger partial charge is 0.508 e. The zero-order valence-corrected chi connectivity index (χ0v) is 22.9. The van der Waals surface area contributed by atoms with Gasteiger partial charge in [-0.25, -0.2) is 0 Å². The summed E-state index contributed by atoms with van der Waals surface area (Å²) in [6, 6.07) is 8.11. The number of ether oxygens (including phenoxy) is 5. The van der Waals surface area contributed by atoms with Crippen LogP contribution in [0.4, 0.5) is 0 Å². The predicted octanol–water partition coefficient (Wildman–Crippen LogP) is -1.09. The summed E-state index contributed by atoms with van der Waals surface area (Å²) in [4.78, 5) is 13.8. The maximum absolute atomic E-state index is 13.8. The number of benzene rings is 2. The van der Waals surface area contributed by atoms with Gasteiger partial charge in [0, 0.05) is 17.7 Å². The molecule has 5 rings (SSSR count). The number of hydrogen-bond acceptors (Lipinski definition) is 15. The summed E-state index contributed by atoms with van der Waals surface area (Å²) in [5, 5.41) is 82.5. The summed E-state index contributed by atoms with van der Waals surface area (Å²) in [7, 11) is 1.34. The first-order valence-corrected chi connectivity index (χ1v) is 13.3. The van der Waals surface area contributed by atoms with Gasteiger partial charge in [-0.3, -0.25) is 4.79 Å². The van der Waals surface area contributed by atoms with E-state index < -0.39 is 84.9 Å². The van der Waals surface area contributed by atoms with Crippen LogP contribution in [0.3, 0.4) is 0 Å². The number of fused-ring (bicyclic) bond motifs is 1. The molecular formula is C28H32O15. The number of methoxy groups -OCH3 is 1. The Kier molecular flexibility index (Phi) is 8.80. The van der Waals surface area contributed by atoms with Crippen molar-refractivity contribution < 1.29 is 69.0 Å². The zero-order valence-electron chi connectivity index (χ0n) is 22.9. The lowest BCUT2D eigenvalue weighted by molar-refractivity contribution is -0.354. The second-order valence-corrected chi connectivity index (χ2v) is 10.3. The lowest BCUT2D eigenvalue weighted by Crippen LogP contribution is -2.64. The third-order valence-electron chi connectivity index (χ3n) is 7.41. The van der Waals surface area contributed by atoms with Crippen LogP contribution >= 0.6 is 0 Å². The molecule has 2 fully saturated rings. The summed E-state index contributed by atoms with van der Waals surface area (Å²) in [6.07, 6.45) is -16.2. The quantitative estimate of drug-likeness (QED) is 0.159. The van der Waals surface area contributed by atoms with Crippen LogP contribution in [0.5, 0.6) is 23.0 Å². The Labute approximate surface area is 243 Å². The second-order valence-electron chi connectivity index (χ2n) is 10.3. The molecule has 0 aliphatic carbocycles. The standard InChI is InChI=1S/C28H32O15/c1-10-18(32)21(35)23(37)27(39-10)43-26-22(36)19(33)16(9-29)41-28(26)42-25-20(34)17-14(31)7-13(38-2)8-15(17)40-24(25)11-4-3-5-12(30)6-11/h3-8,10,16,18-19,21-23,26-33,35-37H,9H2,1-2H3/t10-,16-,18+,19+,21-,22+,23+,26+,27+,28+/m1/s1.